The number of unbranched alkanes of at least 4 members (excludes halogenated alkanes) is 5. The van der Waals surface area contributed by atoms with Gasteiger partial charge in [-0.05, 0) is 30.2 Å². The molecule has 260 valence electrons. The molecule has 5 nitrogen and oxygen atoms in total. The molecule has 1 aliphatic heterocycles. The summed E-state index contributed by atoms with van der Waals surface area (Å²) in [6.07, 6.45) is 20.8. The maximum atomic E-state index is 7.79. The second-order valence-corrected chi connectivity index (χ2v) is 30.8. The SMILES string of the molecule is C=CC[Si]1(CCCC)O[Si](CC=C)(CCCC)O[Si](CC=C)(CCCC)O[Si](CC=C)(CCCC)O[Si](CC=C)(CCCC)O1. The van der Waals surface area contributed by atoms with Gasteiger partial charge < -0.3 is 20.6 Å². The molecule has 0 unspecified atom stereocenters. The summed E-state index contributed by atoms with van der Waals surface area (Å²) in [7, 11) is -14.6. The van der Waals surface area contributed by atoms with Crippen LogP contribution in [0.5, 0.6) is 0 Å². The average Bonchev–Trinajstić information content (AvgIpc) is 3.00. The lowest BCUT2D eigenvalue weighted by Gasteiger charge is -2.53. The summed E-state index contributed by atoms with van der Waals surface area (Å²) in [6, 6.07) is 8.20. The van der Waals surface area contributed by atoms with Crippen LogP contribution in [0, 0.1) is 0 Å². The van der Waals surface area contributed by atoms with Crippen molar-refractivity contribution in [2.24, 2.45) is 0 Å². The van der Waals surface area contributed by atoms with Crippen LogP contribution in [0.1, 0.15) is 98.8 Å². The molecule has 0 spiro atoms. The minimum absolute atomic E-state index is 0.729. The van der Waals surface area contributed by atoms with E-state index in [4.69, 9.17) is 20.6 Å². The first-order chi connectivity index (χ1) is 21.6. The summed E-state index contributed by atoms with van der Waals surface area (Å²) in [5.74, 6) is 0. The molecular formula is C35H70O5Si5. The molecule has 0 aromatic heterocycles. The monoisotopic (exact) mass is 710 g/mol. The molecule has 1 fully saturated rings. The highest BCUT2D eigenvalue weighted by molar-refractivity contribution is 6.95. The Hall–Kier alpha value is -0.416. The molecule has 0 amide bonds. The minimum Gasteiger partial charge on any atom is -0.415 e. The Morgan fingerprint density at radius 1 is 0.333 bits per heavy atom. The van der Waals surface area contributed by atoms with Gasteiger partial charge in [0.05, 0.1) is 0 Å². The van der Waals surface area contributed by atoms with Crippen LogP contribution in [0.3, 0.4) is 0 Å². The third-order valence-electron chi connectivity index (χ3n) is 8.69. The smallest absolute Gasteiger partial charge is 0.324 e. The average molecular weight is 711 g/mol. The summed E-state index contributed by atoms with van der Waals surface area (Å²) < 4.78 is 38.9. The molecule has 45 heavy (non-hydrogen) atoms. The fraction of sp³-hybridized carbons (Fsp3) is 0.714. The van der Waals surface area contributed by atoms with Gasteiger partial charge in [0.15, 0.2) is 0 Å². The highest BCUT2D eigenvalue weighted by atomic mass is 28.5. The van der Waals surface area contributed by atoms with Crippen molar-refractivity contribution in [3.8, 4) is 0 Å². The molecule has 0 aliphatic carbocycles. The number of allylic oxidation sites excluding steroid dienone is 5. The summed E-state index contributed by atoms with van der Waals surface area (Å²) in [6.45, 7) is 32.6. The lowest BCUT2D eigenvalue weighted by molar-refractivity contribution is 0.212. The molecule has 0 radical (unpaired) electrons. The zero-order valence-electron chi connectivity index (χ0n) is 30.1. The van der Waals surface area contributed by atoms with Gasteiger partial charge in [-0.3, -0.25) is 0 Å². The largest absolute Gasteiger partial charge is 0.415 e. The van der Waals surface area contributed by atoms with Crippen molar-refractivity contribution in [3.05, 3.63) is 63.3 Å². The standard InChI is InChI=1S/C35H70O5Si5/c1-11-21-31-41(26-16-6)36-42(27-17-7,32-22-12-2)38-44(29-19-9,34-24-14-4)40-45(30-20-10,35-25-15-5)39-43(37-41,28-18-8)33-23-13-3/h16-20H,6-15,21-35H2,1-5H3. The van der Waals surface area contributed by atoms with Gasteiger partial charge in [0.25, 0.3) is 0 Å². The van der Waals surface area contributed by atoms with Crippen LogP contribution >= 0.6 is 0 Å². The van der Waals surface area contributed by atoms with E-state index in [1.807, 2.05) is 30.4 Å². The van der Waals surface area contributed by atoms with Gasteiger partial charge in [-0.25, -0.2) is 0 Å². The van der Waals surface area contributed by atoms with E-state index in [-0.39, 0.29) is 0 Å². The Kier molecular flexibility index (Phi) is 21.1. The highest BCUT2D eigenvalue weighted by Crippen LogP contribution is 2.45. The van der Waals surface area contributed by atoms with Crippen LogP contribution in [0.4, 0.5) is 0 Å². The molecule has 0 saturated carbocycles. The van der Waals surface area contributed by atoms with Crippen molar-refractivity contribution >= 4 is 42.8 Å². The predicted molar refractivity (Wildman–Crippen MR) is 208 cm³/mol. The lowest BCUT2D eigenvalue weighted by Crippen LogP contribution is -2.69. The quantitative estimate of drug-likeness (QED) is 0.0697. The normalized spacial score (nSPS) is 30.8. The van der Waals surface area contributed by atoms with Gasteiger partial charge in [-0.1, -0.05) is 129 Å². The van der Waals surface area contributed by atoms with Crippen LogP contribution in [0.15, 0.2) is 63.3 Å². The van der Waals surface area contributed by atoms with E-state index >= 15 is 0 Å². The first kappa shape index (κ1) is 42.6. The molecular weight excluding hydrogens is 641 g/mol. The van der Waals surface area contributed by atoms with Gasteiger partial charge >= 0.3 is 42.8 Å². The molecule has 0 N–H and O–H groups in total. The van der Waals surface area contributed by atoms with E-state index in [2.05, 4.69) is 67.5 Å². The van der Waals surface area contributed by atoms with Crippen molar-refractivity contribution < 1.29 is 20.6 Å². The summed E-state index contributed by atoms with van der Waals surface area (Å²) in [5.41, 5.74) is 0. The molecule has 0 aromatic carbocycles. The molecule has 10 heteroatoms. The Labute approximate surface area is 284 Å². The summed E-state index contributed by atoms with van der Waals surface area (Å²) in [4.78, 5) is 0. The zero-order valence-corrected chi connectivity index (χ0v) is 35.1. The number of rotatable bonds is 25. The minimum atomic E-state index is -2.92. The van der Waals surface area contributed by atoms with Gasteiger partial charge in [0.2, 0.25) is 0 Å². The second kappa shape index (κ2) is 22.3. The van der Waals surface area contributed by atoms with Crippen molar-refractivity contribution in [1.29, 1.82) is 0 Å². The van der Waals surface area contributed by atoms with Gasteiger partial charge in [-0.2, -0.15) is 0 Å². The van der Waals surface area contributed by atoms with Gasteiger partial charge in [0.1, 0.15) is 0 Å². The summed E-state index contributed by atoms with van der Waals surface area (Å²) >= 11 is 0. The maximum Gasteiger partial charge on any atom is 0.324 e. The molecule has 0 bridgehead atoms. The van der Waals surface area contributed by atoms with E-state index < -0.39 is 42.8 Å². The third-order valence-corrected chi connectivity index (χ3v) is 33.7. The molecule has 1 saturated heterocycles. The first-order valence-electron chi connectivity index (χ1n) is 18.2. The summed E-state index contributed by atoms with van der Waals surface area (Å²) in [5, 5.41) is 0. The molecule has 1 aliphatic rings. The topological polar surface area (TPSA) is 46.2 Å². The second-order valence-electron chi connectivity index (χ2n) is 13.0. The van der Waals surface area contributed by atoms with Crippen LogP contribution in [-0.4, -0.2) is 42.8 Å². The lowest BCUT2D eigenvalue weighted by atomic mass is 10.4. The molecule has 1 heterocycles. The van der Waals surface area contributed by atoms with Crippen LogP contribution in [0.2, 0.25) is 60.4 Å². The van der Waals surface area contributed by atoms with Crippen LogP contribution in [0.25, 0.3) is 0 Å². The van der Waals surface area contributed by atoms with Gasteiger partial charge in [-0.15, -0.1) is 32.9 Å². The fourth-order valence-electron chi connectivity index (χ4n) is 6.57. The van der Waals surface area contributed by atoms with Crippen LogP contribution in [-0.2, 0) is 20.6 Å². The Morgan fingerprint density at radius 2 is 0.489 bits per heavy atom. The molecule has 1 rings (SSSR count). The first-order valence-corrected chi connectivity index (χ1v) is 29.3. The van der Waals surface area contributed by atoms with E-state index in [0.29, 0.717) is 0 Å². The zero-order chi connectivity index (χ0) is 33.7. The Bertz CT molecular complexity index is 710. The Balaban J connectivity index is 4.36. The van der Waals surface area contributed by atoms with E-state index in [9.17, 15) is 0 Å². The Morgan fingerprint density at radius 3 is 0.600 bits per heavy atom. The number of hydrogen-bond donors (Lipinski definition) is 0. The van der Waals surface area contributed by atoms with E-state index in [0.717, 1.165) is 125 Å². The van der Waals surface area contributed by atoms with Gasteiger partial charge in [0, 0.05) is 30.2 Å². The molecule has 0 aromatic rings. The fourth-order valence-corrected chi connectivity index (χ4v) is 37.9. The van der Waals surface area contributed by atoms with Crippen molar-refractivity contribution in [3.63, 3.8) is 0 Å². The van der Waals surface area contributed by atoms with Crippen molar-refractivity contribution in [2.75, 3.05) is 0 Å². The van der Waals surface area contributed by atoms with E-state index in [1.54, 1.807) is 0 Å². The highest BCUT2D eigenvalue weighted by Gasteiger charge is 2.61. The molecule has 0 atom stereocenters. The predicted octanol–water partition coefficient (Wildman–Crippen LogP) is 12.2. The maximum absolute atomic E-state index is 7.79. The van der Waals surface area contributed by atoms with Crippen LogP contribution < -0.4 is 0 Å². The number of hydrogen-bond acceptors (Lipinski definition) is 5. The van der Waals surface area contributed by atoms with E-state index in [1.165, 1.54) is 0 Å². The van der Waals surface area contributed by atoms with Crippen molar-refractivity contribution in [1.82, 2.24) is 0 Å². The van der Waals surface area contributed by atoms with Crippen molar-refractivity contribution in [2.45, 2.75) is 159 Å². The third kappa shape index (κ3) is 13.5.